The average Bonchev–Trinajstić information content (AvgIpc) is 2.96. The minimum absolute atomic E-state index is 0. The molecule has 1 saturated heterocycles. The molecule has 0 radical (unpaired) electrons. The Morgan fingerprint density at radius 2 is 2.00 bits per heavy atom. The summed E-state index contributed by atoms with van der Waals surface area (Å²) in [6, 6.07) is 10.7. The third kappa shape index (κ3) is 2.20. The molecular formula is C14H16LiNO. The third-order valence-corrected chi connectivity index (χ3v) is 3.40. The molecule has 2 aromatic rings. The zero-order valence-corrected chi connectivity index (χ0v) is 10.6. The van der Waals surface area contributed by atoms with E-state index in [-0.39, 0.29) is 18.9 Å². The van der Waals surface area contributed by atoms with E-state index in [1.54, 1.807) is 7.11 Å². The predicted octanol–water partition coefficient (Wildman–Crippen LogP) is 0.171. The molecule has 2 nitrogen and oxygen atoms in total. The number of nitrogens with zero attached hydrogens (tertiary/aromatic N) is 1. The molecule has 0 saturated carbocycles. The molecule has 0 spiro atoms. The van der Waals surface area contributed by atoms with Crippen molar-refractivity contribution in [3.05, 3.63) is 30.3 Å². The van der Waals surface area contributed by atoms with Crippen LogP contribution in [0.4, 0.5) is 5.69 Å². The molecule has 1 heterocycles. The van der Waals surface area contributed by atoms with Gasteiger partial charge in [0, 0.05) is 13.1 Å². The van der Waals surface area contributed by atoms with Crippen molar-refractivity contribution in [2.45, 2.75) is 12.8 Å². The van der Waals surface area contributed by atoms with Gasteiger partial charge < -0.3 is 9.64 Å². The summed E-state index contributed by atoms with van der Waals surface area (Å²) in [5, 5.41) is 2.63. The topological polar surface area (TPSA) is 12.5 Å². The van der Waals surface area contributed by atoms with Crippen LogP contribution in [0.2, 0.25) is 0 Å². The molecule has 0 unspecified atom stereocenters. The Labute approximate surface area is 114 Å². The third-order valence-electron chi connectivity index (χ3n) is 3.40. The number of anilines is 1. The zero-order valence-electron chi connectivity index (χ0n) is 10.6. The Balaban J connectivity index is 0.00000108. The average molecular weight is 221 g/mol. The second kappa shape index (κ2) is 5.12. The Hall–Kier alpha value is -0.973. The van der Waals surface area contributed by atoms with E-state index < -0.39 is 0 Å². The molecule has 0 N–H and O–H groups in total. The number of ether oxygens (including phenoxy) is 1. The fourth-order valence-electron chi connectivity index (χ4n) is 2.52. The van der Waals surface area contributed by atoms with E-state index in [0.717, 1.165) is 5.75 Å². The van der Waals surface area contributed by atoms with Crippen molar-refractivity contribution in [2.24, 2.45) is 0 Å². The summed E-state index contributed by atoms with van der Waals surface area (Å²) in [4.78, 5) is 2.47. The first-order valence-corrected chi connectivity index (χ1v) is 5.87. The summed E-state index contributed by atoms with van der Waals surface area (Å²) < 4.78 is 5.29. The molecule has 0 amide bonds. The molecule has 1 aliphatic rings. The van der Waals surface area contributed by atoms with Gasteiger partial charge in [0.25, 0.3) is 0 Å². The van der Waals surface area contributed by atoms with Gasteiger partial charge in [-0.2, -0.15) is 0 Å². The van der Waals surface area contributed by atoms with Gasteiger partial charge in [-0.25, -0.2) is 0 Å². The SMILES string of the molecule is COc1ccc2[cH-]cc(N3CCCC3)c2c1.[Li+]. The number of benzene rings is 1. The Morgan fingerprint density at radius 3 is 2.71 bits per heavy atom. The van der Waals surface area contributed by atoms with Crippen LogP contribution in [0.25, 0.3) is 10.8 Å². The Bertz CT molecular complexity index is 500. The molecule has 2 aromatic carbocycles. The summed E-state index contributed by atoms with van der Waals surface area (Å²) in [6.07, 6.45) is 2.63. The molecule has 3 heteroatoms. The van der Waals surface area contributed by atoms with Gasteiger partial charge in [-0.15, -0.1) is 29.0 Å². The van der Waals surface area contributed by atoms with E-state index in [9.17, 15) is 0 Å². The maximum atomic E-state index is 5.29. The summed E-state index contributed by atoms with van der Waals surface area (Å²) >= 11 is 0. The summed E-state index contributed by atoms with van der Waals surface area (Å²) in [7, 11) is 1.72. The van der Waals surface area contributed by atoms with Crippen LogP contribution in [0.3, 0.4) is 0 Å². The van der Waals surface area contributed by atoms with Gasteiger partial charge in [0.05, 0.1) is 12.9 Å². The van der Waals surface area contributed by atoms with Crippen LogP contribution in [0, 0.1) is 0 Å². The van der Waals surface area contributed by atoms with E-state index in [1.165, 1.54) is 42.4 Å². The van der Waals surface area contributed by atoms with E-state index in [2.05, 4.69) is 29.2 Å². The van der Waals surface area contributed by atoms with Crippen LogP contribution < -0.4 is 28.5 Å². The number of hydrogen-bond acceptors (Lipinski definition) is 2. The minimum atomic E-state index is 0. The van der Waals surface area contributed by atoms with E-state index in [4.69, 9.17) is 4.74 Å². The van der Waals surface area contributed by atoms with Gasteiger partial charge in [-0.05, 0) is 12.8 Å². The maximum Gasteiger partial charge on any atom is 1.00 e. The number of rotatable bonds is 2. The minimum Gasteiger partial charge on any atom is -0.498 e. The fraction of sp³-hybridized carbons (Fsp3) is 0.357. The molecule has 0 bridgehead atoms. The van der Waals surface area contributed by atoms with Crippen LogP contribution in [-0.4, -0.2) is 20.2 Å². The molecule has 0 aromatic heterocycles. The smallest absolute Gasteiger partial charge is 0.498 e. The molecule has 17 heavy (non-hydrogen) atoms. The second-order valence-corrected chi connectivity index (χ2v) is 4.37. The van der Waals surface area contributed by atoms with Gasteiger partial charge in [-0.1, -0.05) is 17.8 Å². The number of fused-ring (bicyclic) bond motifs is 1. The van der Waals surface area contributed by atoms with E-state index in [0.29, 0.717) is 0 Å². The summed E-state index contributed by atoms with van der Waals surface area (Å²) in [5.41, 5.74) is 1.37. The van der Waals surface area contributed by atoms with Crippen LogP contribution in [0.5, 0.6) is 5.75 Å². The van der Waals surface area contributed by atoms with Crippen molar-refractivity contribution < 1.29 is 23.6 Å². The maximum absolute atomic E-state index is 5.29. The molecule has 0 atom stereocenters. The van der Waals surface area contributed by atoms with E-state index >= 15 is 0 Å². The standard InChI is InChI=1S/C14H16NO.Li/c1-16-12-6-4-11-5-7-14(13(11)10-12)15-8-2-3-9-15;/h4-7,10H,2-3,8-9H2,1H3;/q-1;+1. The molecular weight excluding hydrogens is 205 g/mol. The monoisotopic (exact) mass is 221 g/mol. The van der Waals surface area contributed by atoms with Gasteiger partial charge in [-0.3, -0.25) is 0 Å². The van der Waals surface area contributed by atoms with Crippen LogP contribution in [0.1, 0.15) is 12.8 Å². The van der Waals surface area contributed by atoms with Crippen molar-refractivity contribution in [3.63, 3.8) is 0 Å². The van der Waals surface area contributed by atoms with Crippen LogP contribution in [-0.2, 0) is 0 Å². The summed E-state index contributed by atoms with van der Waals surface area (Å²) in [6.45, 7) is 2.38. The first-order chi connectivity index (χ1) is 7.88. The van der Waals surface area contributed by atoms with Crippen LogP contribution >= 0.6 is 0 Å². The predicted molar refractivity (Wildman–Crippen MR) is 67.5 cm³/mol. The van der Waals surface area contributed by atoms with Crippen molar-refractivity contribution in [3.8, 4) is 5.75 Å². The fourth-order valence-corrected chi connectivity index (χ4v) is 2.52. The van der Waals surface area contributed by atoms with Gasteiger partial charge >= 0.3 is 18.9 Å². The van der Waals surface area contributed by atoms with Crippen molar-refractivity contribution >= 4 is 16.5 Å². The molecule has 84 valence electrons. The normalized spacial score (nSPS) is 15.0. The molecule has 3 rings (SSSR count). The van der Waals surface area contributed by atoms with E-state index in [1.807, 2.05) is 6.07 Å². The van der Waals surface area contributed by atoms with Crippen molar-refractivity contribution in [2.75, 3.05) is 25.1 Å². The summed E-state index contributed by atoms with van der Waals surface area (Å²) in [5.74, 6) is 0.944. The van der Waals surface area contributed by atoms with Gasteiger partial charge in [0.15, 0.2) is 0 Å². The van der Waals surface area contributed by atoms with Crippen molar-refractivity contribution in [1.29, 1.82) is 0 Å². The molecule has 1 aliphatic heterocycles. The van der Waals surface area contributed by atoms with Gasteiger partial charge in [0.2, 0.25) is 0 Å². The quantitative estimate of drug-likeness (QED) is 0.529. The number of hydrogen-bond donors (Lipinski definition) is 0. The largest absolute Gasteiger partial charge is 1.00 e. The zero-order chi connectivity index (χ0) is 11.0. The Morgan fingerprint density at radius 1 is 1.24 bits per heavy atom. The first-order valence-electron chi connectivity index (χ1n) is 5.87. The second-order valence-electron chi connectivity index (χ2n) is 4.37. The molecule has 0 aliphatic carbocycles. The Kier molecular flexibility index (Phi) is 3.76. The van der Waals surface area contributed by atoms with Crippen molar-refractivity contribution in [1.82, 2.24) is 0 Å². The molecule has 1 fully saturated rings. The number of methoxy groups -OCH3 is 1. The first kappa shape index (κ1) is 12.5. The van der Waals surface area contributed by atoms with Crippen LogP contribution in [0.15, 0.2) is 30.3 Å². The van der Waals surface area contributed by atoms with Gasteiger partial charge in [0.1, 0.15) is 0 Å².